The highest BCUT2D eigenvalue weighted by molar-refractivity contribution is 4.83. The predicted octanol–water partition coefficient (Wildman–Crippen LogP) is 1.20. The van der Waals surface area contributed by atoms with Gasteiger partial charge in [0, 0.05) is 19.1 Å². The average Bonchev–Trinajstić information content (AvgIpc) is 2.19. The topological polar surface area (TPSA) is 38.7 Å². The Morgan fingerprint density at radius 1 is 1.62 bits per heavy atom. The quantitative estimate of drug-likeness (QED) is 0.720. The molecular weight excluding hydrogens is 168 g/mol. The van der Waals surface area contributed by atoms with Crippen molar-refractivity contribution in [3.05, 3.63) is 0 Å². The van der Waals surface area contributed by atoms with E-state index in [-0.39, 0.29) is 18.1 Å². The lowest BCUT2D eigenvalue weighted by Crippen LogP contribution is -2.38. The molecule has 1 aliphatic rings. The van der Waals surface area contributed by atoms with Gasteiger partial charge in [0.15, 0.2) is 0 Å². The van der Waals surface area contributed by atoms with Gasteiger partial charge in [-0.3, -0.25) is 0 Å². The second kappa shape index (κ2) is 4.94. The van der Waals surface area contributed by atoms with Crippen molar-refractivity contribution in [1.29, 1.82) is 0 Å². The smallest absolute Gasteiger partial charge is 0.0550 e. The van der Waals surface area contributed by atoms with Gasteiger partial charge < -0.3 is 14.6 Å². The summed E-state index contributed by atoms with van der Waals surface area (Å²) in [7, 11) is 1.71. The largest absolute Gasteiger partial charge is 0.396 e. The van der Waals surface area contributed by atoms with Crippen molar-refractivity contribution < 1.29 is 14.6 Å². The monoisotopic (exact) mass is 188 g/mol. The lowest BCUT2D eigenvalue weighted by molar-refractivity contribution is -0.0655. The van der Waals surface area contributed by atoms with Crippen LogP contribution in [0, 0.1) is 5.41 Å². The van der Waals surface area contributed by atoms with Gasteiger partial charge in [-0.2, -0.15) is 0 Å². The normalized spacial score (nSPS) is 31.6. The average molecular weight is 188 g/mol. The van der Waals surface area contributed by atoms with Crippen molar-refractivity contribution in [3.8, 4) is 0 Å². The summed E-state index contributed by atoms with van der Waals surface area (Å²) in [5.74, 6) is 0. The van der Waals surface area contributed by atoms with Crippen LogP contribution in [0.15, 0.2) is 0 Å². The molecule has 1 fully saturated rings. The fraction of sp³-hybridized carbons (Fsp3) is 1.00. The number of hydrogen-bond donors (Lipinski definition) is 1. The van der Waals surface area contributed by atoms with Gasteiger partial charge in [-0.05, 0) is 26.2 Å². The molecule has 0 saturated carbocycles. The standard InChI is InChI=1S/C10H20O3/c1-9(12-2)6-10(7-11)4-3-5-13-8-10/h9,11H,3-8H2,1-2H3. The Hall–Kier alpha value is -0.120. The van der Waals surface area contributed by atoms with E-state index in [1.165, 1.54) is 0 Å². The van der Waals surface area contributed by atoms with Crippen molar-refractivity contribution in [1.82, 2.24) is 0 Å². The number of rotatable bonds is 4. The molecule has 1 rings (SSSR count). The Kier molecular flexibility index (Phi) is 4.16. The zero-order valence-corrected chi connectivity index (χ0v) is 8.58. The molecule has 0 spiro atoms. The maximum absolute atomic E-state index is 9.35. The van der Waals surface area contributed by atoms with Crippen LogP contribution in [0.4, 0.5) is 0 Å². The highest BCUT2D eigenvalue weighted by atomic mass is 16.5. The van der Waals surface area contributed by atoms with Crippen LogP contribution < -0.4 is 0 Å². The lowest BCUT2D eigenvalue weighted by Gasteiger charge is -2.36. The van der Waals surface area contributed by atoms with Crippen molar-refractivity contribution >= 4 is 0 Å². The second-order valence-corrected chi connectivity index (χ2v) is 4.06. The van der Waals surface area contributed by atoms with Crippen LogP contribution in [0.1, 0.15) is 26.2 Å². The Balaban J connectivity index is 2.47. The van der Waals surface area contributed by atoms with Gasteiger partial charge >= 0.3 is 0 Å². The molecule has 1 N–H and O–H groups in total. The summed E-state index contributed by atoms with van der Waals surface area (Å²) in [6.07, 6.45) is 3.20. The first kappa shape index (κ1) is 11.0. The van der Waals surface area contributed by atoms with Crippen LogP contribution in [0.3, 0.4) is 0 Å². The van der Waals surface area contributed by atoms with Crippen molar-refractivity contribution in [2.75, 3.05) is 26.9 Å². The number of ether oxygens (including phenoxy) is 2. The summed E-state index contributed by atoms with van der Waals surface area (Å²) < 4.78 is 10.6. The van der Waals surface area contributed by atoms with Crippen LogP contribution in [-0.2, 0) is 9.47 Å². The van der Waals surface area contributed by atoms with Gasteiger partial charge in [-0.1, -0.05) is 0 Å². The highest BCUT2D eigenvalue weighted by Crippen LogP contribution is 2.33. The highest BCUT2D eigenvalue weighted by Gasteiger charge is 2.33. The molecule has 13 heavy (non-hydrogen) atoms. The Labute approximate surface area is 80.0 Å². The summed E-state index contributed by atoms with van der Waals surface area (Å²) in [6, 6.07) is 0. The Morgan fingerprint density at radius 2 is 2.38 bits per heavy atom. The van der Waals surface area contributed by atoms with Gasteiger partial charge in [0.25, 0.3) is 0 Å². The van der Waals surface area contributed by atoms with E-state index < -0.39 is 0 Å². The zero-order chi connectivity index (χ0) is 9.73. The molecular formula is C10H20O3. The van der Waals surface area contributed by atoms with Gasteiger partial charge in [0.2, 0.25) is 0 Å². The molecule has 1 aliphatic heterocycles. The number of hydrogen-bond acceptors (Lipinski definition) is 3. The minimum absolute atomic E-state index is 0.0479. The third-order valence-corrected chi connectivity index (χ3v) is 2.86. The summed E-state index contributed by atoms with van der Waals surface area (Å²) in [6.45, 7) is 3.76. The van der Waals surface area contributed by atoms with E-state index >= 15 is 0 Å². The van der Waals surface area contributed by atoms with E-state index in [4.69, 9.17) is 9.47 Å². The summed E-state index contributed by atoms with van der Waals surface area (Å²) in [5.41, 5.74) is -0.0479. The Bertz CT molecular complexity index is 141. The van der Waals surface area contributed by atoms with Crippen molar-refractivity contribution in [2.24, 2.45) is 5.41 Å². The van der Waals surface area contributed by atoms with Gasteiger partial charge in [-0.15, -0.1) is 0 Å². The molecule has 0 aromatic rings. The molecule has 1 heterocycles. The van der Waals surface area contributed by atoms with Gasteiger partial charge in [0.1, 0.15) is 0 Å². The fourth-order valence-corrected chi connectivity index (χ4v) is 1.95. The van der Waals surface area contributed by atoms with Gasteiger partial charge in [-0.25, -0.2) is 0 Å². The number of aliphatic hydroxyl groups excluding tert-OH is 1. The lowest BCUT2D eigenvalue weighted by atomic mass is 9.79. The second-order valence-electron chi connectivity index (χ2n) is 4.06. The van der Waals surface area contributed by atoms with E-state index in [1.54, 1.807) is 7.11 Å². The fourth-order valence-electron chi connectivity index (χ4n) is 1.95. The van der Waals surface area contributed by atoms with Gasteiger partial charge in [0.05, 0.1) is 19.3 Å². The van der Waals surface area contributed by atoms with E-state index in [0.717, 1.165) is 25.9 Å². The molecule has 0 aromatic carbocycles. The molecule has 0 aliphatic carbocycles. The Morgan fingerprint density at radius 3 is 2.85 bits per heavy atom. The molecule has 2 unspecified atom stereocenters. The van der Waals surface area contributed by atoms with Crippen LogP contribution in [0.25, 0.3) is 0 Å². The van der Waals surface area contributed by atoms with Crippen molar-refractivity contribution in [3.63, 3.8) is 0 Å². The number of methoxy groups -OCH3 is 1. The first-order valence-corrected chi connectivity index (χ1v) is 4.94. The third kappa shape index (κ3) is 2.93. The zero-order valence-electron chi connectivity index (χ0n) is 8.58. The van der Waals surface area contributed by atoms with Crippen LogP contribution in [-0.4, -0.2) is 38.1 Å². The molecule has 0 amide bonds. The minimum atomic E-state index is -0.0479. The predicted molar refractivity (Wildman–Crippen MR) is 50.7 cm³/mol. The van der Waals surface area contributed by atoms with E-state index in [9.17, 15) is 5.11 Å². The number of aliphatic hydroxyl groups is 1. The van der Waals surface area contributed by atoms with E-state index in [1.807, 2.05) is 6.92 Å². The first-order chi connectivity index (χ1) is 6.22. The van der Waals surface area contributed by atoms with Crippen LogP contribution >= 0.6 is 0 Å². The summed E-state index contributed by atoms with van der Waals surface area (Å²) >= 11 is 0. The molecule has 1 saturated heterocycles. The first-order valence-electron chi connectivity index (χ1n) is 4.94. The maximum atomic E-state index is 9.35. The van der Waals surface area contributed by atoms with Crippen molar-refractivity contribution in [2.45, 2.75) is 32.3 Å². The summed E-state index contributed by atoms with van der Waals surface area (Å²) in [4.78, 5) is 0. The van der Waals surface area contributed by atoms with Crippen LogP contribution in [0.2, 0.25) is 0 Å². The third-order valence-electron chi connectivity index (χ3n) is 2.86. The molecule has 3 nitrogen and oxygen atoms in total. The molecule has 0 radical (unpaired) electrons. The maximum Gasteiger partial charge on any atom is 0.0550 e. The molecule has 0 aromatic heterocycles. The minimum Gasteiger partial charge on any atom is -0.396 e. The SMILES string of the molecule is COC(C)CC1(CO)CCCOC1. The summed E-state index contributed by atoms with van der Waals surface area (Å²) in [5, 5.41) is 9.35. The van der Waals surface area contributed by atoms with E-state index in [2.05, 4.69) is 0 Å². The molecule has 3 heteroatoms. The molecule has 2 atom stereocenters. The molecule has 78 valence electrons. The molecule has 0 bridgehead atoms. The van der Waals surface area contributed by atoms with E-state index in [0.29, 0.717) is 6.61 Å². The van der Waals surface area contributed by atoms with Crippen LogP contribution in [0.5, 0.6) is 0 Å².